The molecule has 0 saturated carbocycles. The van der Waals surface area contributed by atoms with E-state index in [1.807, 2.05) is 18.2 Å². The van der Waals surface area contributed by atoms with Crippen LogP contribution in [-0.2, 0) is 18.7 Å². The van der Waals surface area contributed by atoms with E-state index in [0.717, 1.165) is 5.39 Å². The van der Waals surface area contributed by atoms with Crippen molar-refractivity contribution >= 4 is 29.5 Å². The van der Waals surface area contributed by atoms with E-state index in [9.17, 15) is 12.6 Å². The Morgan fingerprint density at radius 3 is 2.22 bits per heavy atom. The summed E-state index contributed by atoms with van der Waals surface area (Å²) in [5, 5.41) is 1.41. The Bertz CT molecular complexity index is 980. The van der Waals surface area contributed by atoms with Crippen LogP contribution in [0.1, 0.15) is 0 Å². The molecule has 23 heavy (non-hydrogen) atoms. The largest absolute Gasteiger partial charge is 0.495 e. The quantitative estimate of drug-likeness (QED) is 0.680. The average Bonchev–Trinajstić information content (AvgIpc) is 2.60. The van der Waals surface area contributed by atoms with Crippen LogP contribution in [0.3, 0.4) is 0 Å². The van der Waals surface area contributed by atoms with Gasteiger partial charge in [0.15, 0.2) is 9.83 Å². The second-order valence-corrected chi connectivity index (χ2v) is 9.30. The van der Waals surface area contributed by atoms with Crippen LogP contribution < -0.4 is 4.74 Å². The van der Waals surface area contributed by atoms with E-state index in [2.05, 4.69) is 0 Å². The fraction of sp³-hybridized carbons (Fsp3) is 0.0588. The lowest BCUT2D eigenvalue weighted by atomic mass is 10.1. The molecule has 0 bridgehead atoms. The third-order valence-corrected chi connectivity index (χ3v) is 7.74. The number of benzene rings is 3. The molecule has 6 heteroatoms. The van der Waals surface area contributed by atoms with Crippen molar-refractivity contribution in [2.24, 2.45) is 0 Å². The molecule has 4 nitrogen and oxygen atoms in total. The SMILES string of the molecule is COc1ccc2ccccc2c1[S@@](=O)S(=O)(=O)c1ccccc1. The van der Waals surface area contributed by atoms with Crippen molar-refractivity contribution in [3.63, 3.8) is 0 Å². The Hall–Kier alpha value is -2.18. The number of fused-ring (bicyclic) bond motifs is 1. The monoisotopic (exact) mass is 346 g/mol. The van der Waals surface area contributed by atoms with Crippen molar-refractivity contribution < 1.29 is 17.4 Å². The van der Waals surface area contributed by atoms with Gasteiger partial charge in [0, 0.05) is 5.39 Å². The zero-order valence-electron chi connectivity index (χ0n) is 12.3. The Balaban J connectivity index is 2.26. The van der Waals surface area contributed by atoms with E-state index < -0.39 is 18.7 Å². The molecule has 3 rings (SSSR count). The van der Waals surface area contributed by atoms with Crippen molar-refractivity contribution in [3.05, 3.63) is 66.7 Å². The molecule has 0 radical (unpaired) electrons. The Labute approximate surface area is 136 Å². The fourth-order valence-corrected chi connectivity index (χ4v) is 5.94. The average molecular weight is 346 g/mol. The summed E-state index contributed by atoms with van der Waals surface area (Å²) in [5.41, 5.74) is 0. The molecule has 0 heterocycles. The van der Waals surface area contributed by atoms with Crippen LogP contribution in [0.15, 0.2) is 76.5 Å². The van der Waals surface area contributed by atoms with Gasteiger partial charge in [-0.1, -0.05) is 48.5 Å². The van der Waals surface area contributed by atoms with E-state index in [-0.39, 0.29) is 9.79 Å². The van der Waals surface area contributed by atoms with Gasteiger partial charge in [-0.05, 0) is 23.6 Å². The number of hydrogen-bond donors (Lipinski definition) is 0. The van der Waals surface area contributed by atoms with Crippen LogP contribution in [-0.4, -0.2) is 19.7 Å². The summed E-state index contributed by atoms with van der Waals surface area (Å²) < 4.78 is 43.5. The first-order valence-corrected chi connectivity index (χ1v) is 9.99. The van der Waals surface area contributed by atoms with Crippen molar-refractivity contribution in [1.82, 2.24) is 0 Å². The van der Waals surface area contributed by atoms with E-state index in [1.54, 1.807) is 36.4 Å². The van der Waals surface area contributed by atoms with Gasteiger partial charge in [-0.2, -0.15) is 0 Å². The predicted molar refractivity (Wildman–Crippen MR) is 90.5 cm³/mol. The van der Waals surface area contributed by atoms with Gasteiger partial charge in [-0.15, -0.1) is 0 Å². The molecule has 0 N–H and O–H groups in total. The van der Waals surface area contributed by atoms with Gasteiger partial charge >= 0.3 is 0 Å². The summed E-state index contributed by atoms with van der Waals surface area (Å²) in [5.74, 6) is 0.293. The minimum Gasteiger partial charge on any atom is -0.495 e. The maximum atomic E-state index is 12.9. The van der Waals surface area contributed by atoms with Gasteiger partial charge in [-0.25, -0.2) is 12.6 Å². The van der Waals surface area contributed by atoms with E-state index in [0.29, 0.717) is 11.1 Å². The van der Waals surface area contributed by atoms with Crippen molar-refractivity contribution in [2.45, 2.75) is 9.79 Å². The third-order valence-electron chi connectivity index (χ3n) is 3.46. The maximum absolute atomic E-state index is 12.9. The van der Waals surface area contributed by atoms with Crippen molar-refractivity contribution in [3.8, 4) is 5.75 Å². The number of ether oxygens (including phenoxy) is 1. The van der Waals surface area contributed by atoms with Gasteiger partial charge in [0.2, 0.25) is 0 Å². The fourth-order valence-electron chi connectivity index (χ4n) is 2.34. The first-order valence-electron chi connectivity index (χ1n) is 6.84. The summed E-state index contributed by atoms with van der Waals surface area (Å²) in [6.07, 6.45) is 0. The number of hydrogen-bond acceptors (Lipinski definition) is 4. The molecule has 0 unspecified atom stereocenters. The zero-order chi connectivity index (χ0) is 16.4. The lowest BCUT2D eigenvalue weighted by Crippen LogP contribution is -2.10. The molecule has 0 spiro atoms. The molecule has 118 valence electrons. The minimum absolute atomic E-state index is 0.0216. The van der Waals surface area contributed by atoms with Gasteiger partial charge in [0.1, 0.15) is 10.6 Å². The Morgan fingerprint density at radius 1 is 0.870 bits per heavy atom. The molecule has 0 saturated heterocycles. The van der Waals surface area contributed by atoms with Crippen LogP contribution in [0, 0.1) is 0 Å². The smallest absolute Gasteiger partial charge is 0.262 e. The Morgan fingerprint density at radius 2 is 1.52 bits per heavy atom. The summed E-state index contributed by atoms with van der Waals surface area (Å²) in [4.78, 5) is 0.197. The van der Waals surface area contributed by atoms with Gasteiger partial charge in [0.25, 0.3) is 8.87 Å². The topological polar surface area (TPSA) is 60.4 Å². The van der Waals surface area contributed by atoms with Gasteiger partial charge < -0.3 is 4.74 Å². The highest BCUT2D eigenvalue weighted by atomic mass is 33.2. The normalized spacial score (nSPS) is 12.9. The molecule has 0 aliphatic heterocycles. The lowest BCUT2D eigenvalue weighted by molar-refractivity contribution is 0.405. The van der Waals surface area contributed by atoms with E-state index in [1.165, 1.54) is 19.2 Å². The van der Waals surface area contributed by atoms with Crippen LogP contribution in [0.25, 0.3) is 10.8 Å². The standard InChI is InChI=1S/C17H14O4S2/c1-21-16-12-11-13-7-5-6-10-15(13)17(16)22(18)23(19,20)14-8-3-2-4-9-14/h2-12H,1H3/t22-/m0/s1. The lowest BCUT2D eigenvalue weighted by Gasteiger charge is -2.12. The van der Waals surface area contributed by atoms with Crippen LogP contribution in [0.2, 0.25) is 0 Å². The highest BCUT2D eigenvalue weighted by Gasteiger charge is 2.28. The Kier molecular flexibility index (Phi) is 4.19. The third kappa shape index (κ3) is 2.75. The first-order chi connectivity index (χ1) is 11.1. The summed E-state index contributed by atoms with van der Waals surface area (Å²) in [6, 6.07) is 18.4. The summed E-state index contributed by atoms with van der Waals surface area (Å²) in [7, 11) is -4.88. The molecular formula is C17H14O4S2. The maximum Gasteiger partial charge on any atom is 0.262 e. The van der Waals surface area contributed by atoms with Crippen LogP contribution in [0.4, 0.5) is 0 Å². The predicted octanol–water partition coefficient (Wildman–Crippen LogP) is 3.34. The van der Waals surface area contributed by atoms with E-state index in [4.69, 9.17) is 4.74 Å². The molecule has 3 aromatic carbocycles. The second-order valence-electron chi connectivity index (χ2n) is 4.82. The van der Waals surface area contributed by atoms with E-state index >= 15 is 0 Å². The van der Waals surface area contributed by atoms with Crippen molar-refractivity contribution in [2.75, 3.05) is 7.11 Å². The minimum atomic E-state index is -4.02. The molecule has 3 aromatic rings. The molecule has 1 atom stereocenters. The highest BCUT2D eigenvalue weighted by Crippen LogP contribution is 2.34. The van der Waals surface area contributed by atoms with Gasteiger partial charge in [-0.3, -0.25) is 0 Å². The van der Waals surface area contributed by atoms with Crippen molar-refractivity contribution in [1.29, 1.82) is 0 Å². The number of rotatable bonds is 4. The molecular weight excluding hydrogens is 332 g/mol. The molecule has 0 amide bonds. The summed E-state index contributed by atoms with van der Waals surface area (Å²) in [6.45, 7) is 0. The zero-order valence-corrected chi connectivity index (χ0v) is 13.9. The van der Waals surface area contributed by atoms with Crippen LogP contribution in [0.5, 0.6) is 5.75 Å². The summed E-state index contributed by atoms with van der Waals surface area (Å²) >= 11 is 0. The second kappa shape index (κ2) is 6.14. The highest BCUT2D eigenvalue weighted by molar-refractivity contribution is 8.64. The first kappa shape index (κ1) is 15.7. The number of methoxy groups -OCH3 is 1. The van der Waals surface area contributed by atoms with Gasteiger partial charge in [0.05, 0.1) is 12.0 Å². The molecule has 0 aliphatic carbocycles. The molecule has 0 aromatic heterocycles. The van der Waals surface area contributed by atoms with Crippen LogP contribution >= 0.6 is 0 Å². The molecule has 0 fully saturated rings. The molecule has 0 aliphatic rings.